The third-order valence-electron chi connectivity index (χ3n) is 7.80. The van der Waals surface area contributed by atoms with Crippen LogP contribution >= 0.6 is 24.0 Å². The zero-order valence-corrected chi connectivity index (χ0v) is 31.6. The van der Waals surface area contributed by atoms with E-state index in [1.54, 1.807) is 19.1 Å². The summed E-state index contributed by atoms with van der Waals surface area (Å²) in [6.45, 7) is 9.81. The lowest BCUT2D eigenvalue weighted by Gasteiger charge is -2.34. The fraction of sp³-hybridized carbons (Fsp3) is 0.667. The zero-order chi connectivity index (χ0) is 36.3. The first kappa shape index (κ1) is 42.6. The molecule has 266 valence electrons. The molecule has 0 radical (unpaired) electrons. The normalized spacial score (nSPS) is 15.4. The predicted octanol–water partition coefficient (Wildman–Crippen LogP) is 4.90. The summed E-state index contributed by atoms with van der Waals surface area (Å²) in [5.74, 6) is -4.04. The topological polar surface area (TPSA) is 150 Å². The number of rotatable bonds is 19. The number of ether oxygens (including phenoxy) is 3. The van der Waals surface area contributed by atoms with Crippen molar-refractivity contribution < 1.29 is 50.8 Å². The largest absolute Gasteiger partial charge is 0.468 e. The summed E-state index contributed by atoms with van der Waals surface area (Å²) in [4.78, 5) is 53.8. The number of hydrogen-bond acceptors (Lipinski definition) is 11. The van der Waals surface area contributed by atoms with Gasteiger partial charge < -0.3 is 18.7 Å². The second-order valence-electron chi connectivity index (χ2n) is 14.1. The molecule has 3 unspecified atom stereocenters. The van der Waals surface area contributed by atoms with E-state index in [4.69, 9.17) is 31.0 Å². The Hall–Kier alpha value is -2.39. The van der Waals surface area contributed by atoms with Gasteiger partial charge in [0.25, 0.3) is 10.1 Å². The van der Waals surface area contributed by atoms with E-state index in [0.717, 1.165) is 11.8 Å². The van der Waals surface area contributed by atoms with Gasteiger partial charge in [-0.05, 0) is 37.7 Å². The van der Waals surface area contributed by atoms with E-state index >= 15 is 0 Å². The third kappa shape index (κ3) is 14.7. The Balaban J connectivity index is 3.31. The number of nitrogens with zero attached hydrogens (tertiary/aromatic N) is 1. The number of carbonyl (C=O) groups is 4. The van der Waals surface area contributed by atoms with Crippen molar-refractivity contribution in [1.29, 1.82) is 0 Å². The maximum Gasteiger partial charge on any atom is 0.322 e. The molecular formula is C33H52NO10S3+. The average molecular weight is 719 g/mol. The van der Waals surface area contributed by atoms with Gasteiger partial charge in [0.05, 0.1) is 63.9 Å². The van der Waals surface area contributed by atoms with Crippen LogP contribution in [-0.4, -0.2) is 104 Å². The number of hydrogen-bond donors (Lipinski definition) is 1. The van der Waals surface area contributed by atoms with E-state index in [1.807, 2.05) is 53.1 Å². The molecule has 0 aliphatic heterocycles. The minimum atomic E-state index is -4.06. The summed E-state index contributed by atoms with van der Waals surface area (Å²) < 4.78 is 46.4. The standard InChI is InChI=1S/C33H51NO10S3/c1-31(2,3)23-32(4,29(37)42-8)26(35)21-25(27(36)44-19-13-17-34(6,7)18-14-20-47(39,40)41)22-33(5,30(38)43-9)46-28(45)24-15-11-10-12-16-24/h10-12,15-16,25H,13-14,17-23H2,1-9H3/p+1. The fourth-order valence-electron chi connectivity index (χ4n) is 5.52. The molecule has 0 aromatic heterocycles. The molecule has 0 aliphatic rings. The van der Waals surface area contributed by atoms with Gasteiger partial charge in [-0.25, -0.2) is 0 Å². The Morgan fingerprint density at radius 3 is 2.00 bits per heavy atom. The van der Waals surface area contributed by atoms with Crippen molar-refractivity contribution in [2.75, 3.05) is 53.8 Å². The number of carbonyl (C=O) groups excluding carboxylic acids is 4. The first-order valence-corrected chi connectivity index (χ1v) is 18.2. The highest BCUT2D eigenvalue weighted by Gasteiger charge is 2.48. The van der Waals surface area contributed by atoms with E-state index < -0.39 is 55.3 Å². The van der Waals surface area contributed by atoms with Gasteiger partial charge in [-0.1, -0.05) is 75.1 Å². The molecule has 0 aliphatic carbocycles. The number of methoxy groups -OCH3 is 2. The molecule has 11 nitrogen and oxygen atoms in total. The van der Waals surface area contributed by atoms with E-state index in [2.05, 4.69) is 0 Å². The molecule has 0 saturated carbocycles. The number of ketones is 1. The predicted molar refractivity (Wildman–Crippen MR) is 187 cm³/mol. The molecule has 1 aromatic carbocycles. The fourth-order valence-corrected chi connectivity index (χ4v) is 7.81. The van der Waals surface area contributed by atoms with Crippen molar-refractivity contribution in [3.8, 4) is 0 Å². The Morgan fingerprint density at radius 2 is 1.49 bits per heavy atom. The van der Waals surface area contributed by atoms with Crippen LogP contribution in [0.4, 0.5) is 0 Å². The minimum Gasteiger partial charge on any atom is -0.468 e. The highest BCUT2D eigenvalue weighted by atomic mass is 32.2. The summed E-state index contributed by atoms with van der Waals surface area (Å²) in [5, 5.41) is 0. The molecule has 1 rings (SSSR count). The van der Waals surface area contributed by atoms with Crippen molar-refractivity contribution in [2.24, 2.45) is 16.7 Å². The van der Waals surface area contributed by atoms with Crippen molar-refractivity contribution >= 4 is 62.0 Å². The van der Waals surface area contributed by atoms with E-state index in [9.17, 15) is 27.6 Å². The Bertz CT molecular complexity index is 1360. The maximum atomic E-state index is 13.9. The van der Waals surface area contributed by atoms with Gasteiger partial charge in [-0.2, -0.15) is 8.42 Å². The number of thioether (sulfide) groups is 1. The van der Waals surface area contributed by atoms with E-state index in [-0.39, 0.29) is 38.0 Å². The molecular weight excluding hydrogens is 667 g/mol. The van der Waals surface area contributed by atoms with E-state index in [1.165, 1.54) is 21.1 Å². The molecule has 14 heteroatoms. The molecule has 0 amide bonds. The van der Waals surface area contributed by atoms with Gasteiger partial charge in [0.2, 0.25) is 0 Å². The lowest BCUT2D eigenvalue weighted by atomic mass is 9.70. The maximum absolute atomic E-state index is 13.9. The Labute approximate surface area is 289 Å². The molecule has 0 spiro atoms. The molecule has 0 fully saturated rings. The lowest BCUT2D eigenvalue weighted by Crippen LogP contribution is -2.44. The van der Waals surface area contributed by atoms with Crippen LogP contribution in [0.3, 0.4) is 0 Å². The van der Waals surface area contributed by atoms with Crippen LogP contribution in [0.5, 0.6) is 0 Å². The second kappa shape index (κ2) is 17.8. The highest BCUT2D eigenvalue weighted by molar-refractivity contribution is 8.25. The monoisotopic (exact) mass is 718 g/mol. The SMILES string of the molecule is COC(=O)C(C)(CC(CC(=O)C(C)(CC(C)(C)C)C(=O)OC)C(=O)OCCC[N+](C)(C)CCCS(=O)(=O)O)SC(=S)c1ccccc1. The first-order valence-electron chi connectivity index (χ1n) is 15.4. The summed E-state index contributed by atoms with van der Waals surface area (Å²) in [6.07, 6.45) is 0.308. The van der Waals surface area contributed by atoms with Crippen LogP contribution in [0.2, 0.25) is 0 Å². The number of benzene rings is 1. The minimum absolute atomic E-state index is 0.00424. The van der Waals surface area contributed by atoms with Gasteiger partial charge in [0, 0.05) is 19.3 Å². The van der Waals surface area contributed by atoms with Crippen LogP contribution < -0.4 is 0 Å². The number of esters is 3. The van der Waals surface area contributed by atoms with Gasteiger partial charge in [0.15, 0.2) is 5.78 Å². The van der Waals surface area contributed by atoms with Crippen LogP contribution in [0.1, 0.15) is 72.3 Å². The summed E-state index contributed by atoms with van der Waals surface area (Å²) in [7, 11) is 2.18. The van der Waals surface area contributed by atoms with Crippen molar-refractivity contribution in [1.82, 2.24) is 0 Å². The molecule has 1 aromatic rings. The number of quaternary nitrogens is 1. The van der Waals surface area contributed by atoms with Gasteiger partial charge in [-0.3, -0.25) is 23.7 Å². The third-order valence-corrected chi connectivity index (χ3v) is 10.3. The van der Waals surface area contributed by atoms with Crippen molar-refractivity contribution in [3.63, 3.8) is 0 Å². The number of Topliss-reactive ketones (excluding diaryl/α,β-unsaturated/α-hetero) is 1. The van der Waals surface area contributed by atoms with Crippen LogP contribution in [0.15, 0.2) is 30.3 Å². The zero-order valence-electron chi connectivity index (χ0n) is 29.1. The van der Waals surface area contributed by atoms with Crippen LogP contribution in [-0.2, 0) is 43.5 Å². The molecule has 0 heterocycles. The van der Waals surface area contributed by atoms with Crippen LogP contribution in [0.25, 0.3) is 0 Å². The summed E-state index contributed by atoms with van der Waals surface area (Å²) in [6, 6.07) is 9.07. The smallest absolute Gasteiger partial charge is 0.322 e. The highest BCUT2D eigenvalue weighted by Crippen LogP contribution is 2.41. The molecule has 3 atom stereocenters. The Morgan fingerprint density at radius 1 is 0.936 bits per heavy atom. The molecule has 0 saturated heterocycles. The second-order valence-corrected chi connectivity index (χ2v) is 17.9. The summed E-state index contributed by atoms with van der Waals surface area (Å²) in [5.41, 5.74) is -1.28. The average Bonchev–Trinajstić information content (AvgIpc) is 2.96. The Kier molecular flexibility index (Phi) is 16.2. The van der Waals surface area contributed by atoms with Gasteiger partial charge >= 0.3 is 17.9 Å². The first-order chi connectivity index (χ1) is 21.5. The van der Waals surface area contributed by atoms with E-state index in [0.29, 0.717) is 33.8 Å². The summed E-state index contributed by atoms with van der Waals surface area (Å²) >= 11 is 6.70. The van der Waals surface area contributed by atoms with Crippen molar-refractivity contribution in [2.45, 2.75) is 71.5 Å². The molecule has 1 N–H and O–H groups in total. The quantitative estimate of drug-likeness (QED) is 0.0395. The molecule has 47 heavy (non-hydrogen) atoms. The number of thiocarbonyl (C=S) groups is 1. The van der Waals surface area contributed by atoms with Gasteiger partial charge in [0.1, 0.15) is 10.2 Å². The molecule has 0 bridgehead atoms. The lowest BCUT2D eigenvalue weighted by molar-refractivity contribution is -0.890. The van der Waals surface area contributed by atoms with Crippen LogP contribution in [0, 0.1) is 16.7 Å². The van der Waals surface area contributed by atoms with Crippen molar-refractivity contribution in [3.05, 3.63) is 35.9 Å². The van der Waals surface area contributed by atoms with Gasteiger partial charge in [-0.15, -0.1) is 0 Å².